The summed E-state index contributed by atoms with van der Waals surface area (Å²) in [7, 11) is 1.73. The number of aliphatic hydroxyl groups excluding tert-OH is 2. The molecule has 1 saturated carbocycles. The molecular formula is C28H48N4O3. The Morgan fingerprint density at radius 2 is 1.94 bits per heavy atom. The summed E-state index contributed by atoms with van der Waals surface area (Å²) in [6.45, 7) is 21.9. The van der Waals surface area contributed by atoms with Crippen molar-refractivity contribution in [3.8, 4) is 6.07 Å². The van der Waals surface area contributed by atoms with Crippen molar-refractivity contribution in [1.29, 1.82) is 10.7 Å². The molecule has 0 aromatic heterocycles. The van der Waals surface area contributed by atoms with Crippen LogP contribution in [0.3, 0.4) is 0 Å². The predicted molar refractivity (Wildman–Crippen MR) is 149 cm³/mol. The van der Waals surface area contributed by atoms with Gasteiger partial charge >= 0.3 is 0 Å². The van der Waals surface area contributed by atoms with Crippen LogP contribution in [-0.4, -0.2) is 35.6 Å². The van der Waals surface area contributed by atoms with Crippen LogP contribution in [0.4, 0.5) is 0 Å². The molecule has 0 heterocycles. The fourth-order valence-electron chi connectivity index (χ4n) is 2.47. The monoisotopic (exact) mass is 488 g/mol. The molecule has 3 atom stereocenters. The third-order valence-corrected chi connectivity index (χ3v) is 4.93. The smallest absolute Gasteiger partial charge is 0.130 e. The van der Waals surface area contributed by atoms with Gasteiger partial charge in [-0.25, -0.2) is 0 Å². The molecule has 0 radical (unpaired) electrons. The maximum absolute atomic E-state index is 9.03. The zero-order chi connectivity index (χ0) is 28.0. The second kappa shape index (κ2) is 21.6. The minimum Gasteiger partial charge on any atom is -0.507 e. The molecule has 3 unspecified atom stereocenters. The molecule has 2 aliphatic rings. The van der Waals surface area contributed by atoms with Crippen LogP contribution in [-0.2, 0) is 4.84 Å². The molecule has 2 rings (SSSR count). The van der Waals surface area contributed by atoms with Crippen molar-refractivity contribution in [3.05, 3.63) is 72.8 Å². The van der Waals surface area contributed by atoms with Crippen LogP contribution >= 0.6 is 0 Å². The summed E-state index contributed by atoms with van der Waals surface area (Å²) in [5, 5.41) is 33.1. The van der Waals surface area contributed by atoms with Crippen LogP contribution in [0, 0.1) is 28.1 Å². The number of nitrogens with one attached hydrogen (secondary N) is 2. The lowest BCUT2D eigenvalue weighted by Gasteiger charge is -2.10. The van der Waals surface area contributed by atoms with Crippen molar-refractivity contribution in [2.45, 2.75) is 73.0 Å². The lowest BCUT2D eigenvalue weighted by molar-refractivity contribution is 0.127. The van der Waals surface area contributed by atoms with Crippen molar-refractivity contribution in [1.82, 2.24) is 5.48 Å². The van der Waals surface area contributed by atoms with Crippen LogP contribution in [0.1, 0.15) is 60.8 Å². The molecule has 198 valence electrons. The van der Waals surface area contributed by atoms with Gasteiger partial charge in [0, 0.05) is 19.3 Å². The summed E-state index contributed by atoms with van der Waals surface area (Å²) in [6.07, 6.45) is 12.5. The Bertz CT molecular complexity index is 774. The number of nitrogens with zero attached hydrogens (tertiary/aromatic N) is 1. The largest absolute Gasteiger partial charge is 0.507 e. The Kier molecular flexibility index (Phi) is 22.6. The standard InChI is InChI=1S/C12H20N2O.C7H8N2O.C5H10O.C2H6.C2H4/c1-5-12(8-9-13)10(2)6-7-11(3)15-14-4;8-4-5-1-2-6(9)3-7(5)10;1-5(2)3-4(5)6;2*1-2/h5,7-10,13-14H,1,6H2,2-4H3;1,3,6,10H,2,9H2;4,6H,3H2,1-2H3;1-2H3;1-2H2/b11-7+,12-8+,13-9?;;;;. The van der Waals surface area contributed by atoms with E-state index >= 15 is 0 Å². The van der Waals surface area contributed by atoms with E-state index in [0.717, 1.165) is 24.2 Å². The fraction of sp³-hybridized carbons (Fsp3) is 0.500. The Labute approximate surface area is 213 Å². The first-order chi connectivity index (χ1) is 16.5. The van der Waals surface area contributed by atoms with Gasteiger partial charge < -0.3 is 26.2 Å². The molecule has 35 heavy (non-hydrogen) atoms. The zero-order valence-corrected chi connectivity index (χ0v) is 22.8. The first-order valence-corrected chi connectivity index (χ1v) is 11.8. The quantitative estimate of drug-likeness (QED) is 0.0974. The normalized spacial score (nSPS) is 20.3. The lowest BCUT2D eigenvalue weighted by Crippen LogP contribution is -2.19. The van der Waals surface area contributed by atoms with Gasteiger partial charge in [0.05, 0.1) is 11.7 Å². The Morgan fingerprint density at radius 1 is 1.43 bits per heavy atom. The fourth-order valence-corrected chi connectivity index (χ4v) is 2.47. The first-order valence-electron chi connectivity index (χ1n) is 11.8. The third-order valence-electron chi connectivity index (χ3n) is 4.93. The van der Waals surface area contributed by atoms with Crippen LogP contribution < -0.4 is 11.2 Å². The number of hydroxylamine groups is 1. The van der Waals surface area contributed by atoms with Crippen LogP contribution in [0.15, 0.2) is 72.8 Å². The van der Waals surface area contributed by atoms with Crippen LogP contribution in [0.2, 0.25) is 0 Å². The van der Waals surface area contributed by atoms with Crippen molar-refractivity contribution in [3.63, 3.8) is 0 Å². The maximum atomic E-state index is 9.03. The summed E-state index contributed by atoms with van der Waals surface area (Å²) in [4.78, 5) is 5.09. The van der Waals surface area contributed by atoms with Gasteiger partial charge in [-0.1, -0.05) is 53.3 Å². The predicted octanol–water partition coefficient (Wildman–Crippen LogP) is 6.04. The van der Waals surface area contributed by atoms with Crippen LogP contribution in [0.5, 0.6) is 0 Å². The minimum atomic E-state index is -0.142. The summed E-state index contributed by atoms with van der Waals surface area (Å²) in [5.41, 5.74) is 9.72. The van der Waals surface area contributed by atoms with Gasteiger partial charge in [0.2, 0.25) is 0 Å². The third kappa shape index (κ3) is 18.1. The highest BCUT2D eigenvalue weighted by Gasteiger charge is 2.44. The van der Waals surface area contributed by atoms with E-state index in [4.69, 9.17) is 31.5 Å². The summed E-state index contributed by atoms with van der Waals surface area (Å²) in [6, 6.07) is 1.72. The van der Waals surface area contributed by atoms with Gasteiger partial charge in [-0.15, -0.1) is 13.2 Å². The molecule has 7 heteroatoms. The Hall–Kier alpha value is -2.92. The molecule has 7 nitrogen and oxygen atoms in total. The van der Waals surface area contributed by atoms with E-state index in [9.17, 15) is 0 Å². The number of hydrogen-bond donors (Lipinski definition) is 5. The van der Waals surface area contributed by atoms with Crippen molar-refractivity contribution in [2.24, 2.45) is 17.1 Å². The molecule has 0 spiro atoms. The molecule has 0 bridgehead atoms. The first kappa shape index (κ1) is 36.6. The number of rotatable bonds is 7. The molecule has 2 aliphatic carbocycles. The van der Waals surface area contributed by atoms with E-state index < -0.39 is 0 Å². The van der Waals surface area contributed by atoms with E-state index in [-0.39, 0.29) is 23.3 Å². The molecule has 0 saturated heterocycles. The van der Waals surface area contributed by atoms with Crippen molar-refractivity contribution >= 4 is 6.21 Å². The topological polar surface area (TPSA) is 135 Å². The minimum absolute atomic E-state index is 0.00116. The second-order valence-electron chi connectivity index (χ2n) is 8.18. The number of allylic oxidation sites excluding steroid dienone is 6. The van der Waals surface area contributed by atoms with E-state index in [1.54, 1.807) is 25.3 Å². The summed E-state index contributed by atoms with van der Waals surface area (Å²) in [5.74, 6) is 1.20. The van der Waals surface area contributed by atoms with E-state index in [1.807, 2.05) is 32.9 Å². The molecule has 1 fully saturated rings. The molecule has 0 amide bonds. The van der Waals surface area contributed by atoms with E-state index in [2.05, 4.69) is 46.0 Å². The van der Waals surface area contributed by atoms with Gasteiger partial charge in [-0.05, 0) is 61.3 Å². The highest BCUT2D eigenvalue weighted by molar-refractivity contribution is 5.70. The highest BCUT2D eigenvalue weighted by Crippen LogP contribution is 2.44. The number of nitriles is 1. The van der Waals surface area contributed by atoms with E-state index in [0.29, 0.717) is 17.9 Å². The van der Waals surface area contributed by atoms with Gasteiger partial charge in [-0.3, -0.25) is 0 Å². The molecule has 0 aliphatic heterocycles. The van der Waals surface area contributed by atoms with Crippen molar-refractivity contribution < 1.29 is 15.1 Å². The average molecular weight is 489 g/mol. The number of nitrogens with two attached hydrogens (primary N) is 1. The van der Waals surface area contributed by atoms with Crippen LogP contribution in [0.25, 0.3) is 0 Å². The zero-order valence-electron chi connectivity index (χ0n) is 22.8. The summed E-state index contributed by atoms with van der Waals surface area (Å²) >= 11 is 0. The second-order valence-corrected chi connectivity index (χ2v) is 8.18. The average Bonchev–Trinajstić information content (AvgIpc) is 3.41. The van der Waals surface area contributed by atoms with Gasteiger partial charge in [0.15, 0.2) is 0 Å². The van der Waals surface area contributed by atoms with Gasteiger partial charge in [0.25, 0.3) is 0 Å². The molecule has 6 N–H and O–H groups in total. The lowest BCUT2D eigenvalue weighted by atomic mass is 9.97. The van der Waals surface area contributed by atoms with Gasteiger partial charge in [0.1, 0.15) is 17.6 Å². The molecule has 0 aromatic rings. The maximum Gasteiger partial charge on any atom is 0.130 e. The SMILES string of the molecule is C=C.C=C/C(=C\C=N)C(C)C/C=C(\C)ONC.CC.CC1(C)CC1O.N#CC1=CCC(N)C=C1O. The molecule has 0 aromatic carbocycles. The number of aliphatic hydroxyl groups is 2. The number of hydrogen-bond acceptors (Lipinski definition) is 7. The highest BCUT2D eigenvalue weighted by atomic mass is 16.6. The molecular weight excluding hydrogens is 440 g/mol. The van der Waals surface area contributed by atoms with Crippen molar-refractivity contribution in [2.75, 3.05) is 7.05 Å². The summed E-state index contributed by atoms with van der Waals surface area (Å²) < 4.78 is 0. The Morgan fingerprint density at radius 3 is 2.29 bits per heavy atom. The van der Waals surface area contributed by atoms with Gasteiger partial charge in [-0.2, -0.15) is 10.7 Å². The van der Waals surface area contributed by atoms with E-state index in [1.165, 1.54) is 12.3 Å². The Balaban J connectivity index is -0.000000438.